The van der Waals surface area contributed by atoms with Crippen LogP contribution >= 0.6 is 0 Å². The molecule has 0 amide bonds. The molecule has 35 heavy (non-hydrogen) atoms. The fourth-order valence-corrected chi connectivity index (χ4v) is 4.24. The molecule has 5 rings (SSSR count). The van der Waals surface area contributed by atoms with Gasteiger partial charge in [-0.15, -0.1) is 0 Å². The third kappa shape index (κ3) is 4.99. The number of fused-ring (bicyclic) bond motifs is 2. The Kier molecular flexibility index (Phi) is 6.40. The molecule has 0 spiro atoms. The molecule has 0 saturated carbocycles. The lowest BCUT2D eigenvalue weighted by Crippen LogP contribution is -2.32. The molecule has 0 atom stereocenters. The van der Waals surface area contributed by atoms with Gasteiger partial charge in [0.05, 0.1) is 0 Å². The van der Waals surface area contributed by atoms with E-state index in [0.29, 0.717) is 22.6 Å². The van der Waals surface area contributed by atoms with Crippen molar-refractivity contribution in [2.45, 2.75) is 20.4 Å². The number of pyridine rings is 1. The van der Waals surface area contributed by atoms with Crippen LogP contribution in [0.15, 0.2) is 94.4 Å². The second kappa shape index (κ2) is 9.94. The van der Waals surface area contributed by atoms with E-state index in [9.17, 15) is 4.79 Å². The number of anilines is 1. The number of hydrogen-bond acceptors (Lipinski definition) is 4. The van der Waals surface area contributed by atoms with Crippen LogP contribution in [-0.2, 0) is 6.54 Å². The minimum Gasteiger partial charge on any atom is -0.453 e. The lowest BCUT2D eigenvalue weighted by molar-refractivity contribution is -0.688. The molecule has 2 aliphatic rings. The third-order valence-electron chi connectivity index (χ3n) is 6.20. The van der Waals surface area contributed by atoms with Gasteiger partial charge in [-0.3, -0.25) is 4.79 Å². The van der Waals surface area contributed by atoms with Crippen LogP contribution in [0, 0.1) is 0 Å². The number of nitrogens with zero attached hydrogens (tertiary/aromatic N) is 3. The maximum atomic E-state index is 12.8. The summed E-state index contributed by atoms with van der Waals surface area (Å²) >= 11 is 0. The van der Waals surface area contributed by atoms with Crippen molar-refractivity contribution in [2.75, 3.05) is 18.0 Å². The van der Waals surface area contributed by atoms with Gasteiger partial charge in [0, 0.05) is 54.2 Å². The first-order valence-corrected chi connectivity index (χ1v) is 12.0. The monoisotopic (exact) mass is 462 g/mol. The summed E-state index contributed by atoms with van der Waals surface area (Å²) in [6.07, 6.45) is 7.88. The highest BCUT2D eigenvalue weighted by Crippen LogP contribution is 2.28. The van der Waals surface area contributed by atoms with Crippen LogP contribution in [-0.4, -0.2) is 18.1 Å². The van der Waals surface area contributed by atoms with Crippen LogP contribution in [0.5, 0.6) is 0 Å². The molecule has 1 aromatic heterocycles. The van der Waals surface area contributed by atoms with Gasteiger partial charge in [0.2, 0.25) is 0 Å². The zero-order valence-electron chi connectivity index (χ0n) is 20.0. The van der Waals surface area contributed by atoms with Crippen molar-refractivity contribution in [3.8, 4) is 11.5 Å². The van der Waals surface area contributed by atoms with E-state index in [0.717, 1.165) is 36.4 Å². The predicted octanol–water partition coefficient (Wildman–Crippen LogP) is 5.65. The van der Waals surface area contributed by atoms with E-state index in [2.05, 4.69) is 41.5 Å². The molecule has 2 aromatic carbocycles. The van der Waals surface area contributed by atoms with Crippen LogP contribution in [0.2, 0.25) is 0 Å². The highest BCUT2D eigenvalue weighted by molar-refractivity contribution is 5.81. The molecule has 0 radical (unpaired) electrons. The Morgan fingerprint density at radius 3 is 2.43 bits per heavy atom. The Morgan fingerprint density at radius 1 is 0.914 bits per heavy atom. The first kappa shape index (κ1) is 22.5. The van der Waals surface area contributed by atoms with E-state index in [1.165, 1.54) is 11.6 Å². The van der Waals surface area contributed by atoms with Crippen LogP contribution in [0.4, 0.5) is 5.69 Å². The summed E-state index contributed by atoms with van der Waals surface area (Å²) in [4.78, 5) is 19.8. The van der Waals surface area contributed by atoms with E-state index >= 15 is 0 Å². The Balaban J connectivity index is 1.40. The zero-order valence-corrected chi connectivity index (χ0v) is 20.0. The molecule has 5 heteroatoms. The van der Waals surface area contributed by atoms with Gasteiger partial charge in [-0.05, 0) is 37.6 Å². The van der Waals surface area contributed by atoms with Crippen LogP contribution in [0.3, 0.4) is 0 Å². The van der Waals surface area contributed by atoms with E-state index in [1.807, 2.05) is 67.0 Å². The van der Waals surface area contributed by atoms with Crippen molar-refractivity contribution >= 4 is 28.9 Å². The second-order valence-electron chi connectivity index (χ2n) is 8.52. The molecule has 0 unspecified atom stereocenters. The van der Waals surface area contributed by atoms with Crippen molar-refractivity contribution in [3.63, 3.8) is 0 Å². The molecule has 0 bridgehead atoms. The van der Waals surface area contributed by atoms with Crippen molar-refractivity contribution in [2.24, 2.45) is 0 Å². The number of rotatable bonds is 7. The Hall–Kier alpha value is -4.25. The predicted molar refractivity (Wildman–Crippen MR) is 142 cm³/mol. The molecule has 3 aromatic rings. The van der Waals surface area contributed by atoms with Gasteiger partial charge in [-0.1, -0.05) is 42.5 Å². The number of aromatic nitrogens is 2. The van der Waals surface area contributed by atoms with Gasteiger partial charge in [0.1, 0.15) is 11.2 Å². The van der Waals surface area contributed by atoms with E-state index < -0.39 is 0 Å². The number of hydrogen-bond donors (Lipinski definition) is 0. The minimum absolute atomic E-state index is 0.0892. The Morgan fingerprint density at radius 2 is 1.69 bits per heavy atom. The molecule has 5 nitrogen and oxygen atoms in total. The largest absolute Gasteiger partial charge is 0.453 e. The maximum Gasteiger partial charge on any atom is 0.189 e. The van der Waals surface area contributed by atoms with Gasteiger partial charge >= 0.3 is 0 Å². The fourth-order valence-electron chi connectivity index (χ4n) is 4.24. The van der Waals surface area contributed by atoms with Gasteiger partial charge in [0.25, 0.3) is 0 Å². The SMILES string of the molecule is CCN(CC)c1ccc2nc3cc(/C=C/c4cc[n+](Cc5ccccc5)cc4)c(=O)cc-3oc2c1. The van der Waals surface area contributed by atoms with Gasteiger partial charge in [-0.25, -0.2) is 9.55 Å². The summed E-state index contributed by atoms with van der Waals surface area (Å²) in [5.74, 6) is 0.498. The van der Waals surface area contributed by atoms with Crippen molar-refractivity contribution < 1.29 is 8.98 Å². The molecular formula is C30H28N3O2+. The van der Waals surface area contributed by atoms with Gasteiger partial charge in [-0.2, -0.15) is 0 Å². The van der Waals surface area contributed by atoms with Crippen LogP contribution in [0.25, 0.3) is 34.7 Å². The first-order chi connectivity index (χ1) is 17.1. The second-order valence-corrected chi connectivity index (χ2v) is 8.52. The zero-order chi connectivity index (χ0) is 24.2. The summed E-state index contributed by atoms with van der Waals surface area (Å²) < 4.78 is 8.20. The molecule has 1 aliphatic heterocycles. The Bertz CT molecular complexity index is 1500. The summed E-state index contributed by atoms with van der Waals surface area (Å²) in [5, 5.41) is 0. The number of benzene rings is 3. The Labute approximate surface area is 205 Å². The van der Waals surface area contributed by atoms with Crippen molar-refractivity contribution in [1.82, 2.24) is 4.98 Å². The molecule has 2 heterocycles. The average molecular weight is 463 g/mol. The fraction of sp³-hybridized carbons (Fsp3) is 0.167. The van der Waals surface area contributed by atoms with E-state index in [4.69, 9.17) is 9.40 Å². The summed E-state index contributed by atoms with van der Waals surface area (Å²) in [6, 6.07) is 23.8. The van der Waals surface area contributed by atoms with Gasteiger partial charge < -0.3 is 9.32 Å². The lowest BCUT2D eigenvalue weighted by atomic mass is 10.1. The topological polar surface area (TPSA) is 50.2 Å². The maximum absolute atomic E-state index is 12.8. The van der Waals surface area contributed by atoms with Crippen molar-refractivity contribution in [3.05, 3.63) is 112 Å². The highest BCUT2D eigenvalue weighted by atomic mass is 16.3. The average Bonchev–Trinajstić information content (AvgIpc) is 2.88. The highest BCUT2D eigenvalue weighted by Gasteiger charge is 2.13. The van der Waals surface area contributed by atoms with E-state index in [1.54, 1.807) is 6.07 Å². The molecule has 174 valence electrons. The molecule has 0 fully saturated rings. The quantitative estimate of drug-likeness (QED) is 0.232. The van der Waals surface area contributed by atoms with E-state index in [-0.39, 0.29) is 5.43 Å². The molecule has 0 N–H and O–H groups in total. The normalized spacial score (nSPS) is 11.5. The molecule has 0 saturated heterocycles. The van der Waals surface area contributed by atoms with Crippen LogP contribution < -0.4 is 14.9 Å². The van der Waals surface area contributed by atoms with Gasteiger partial charge in [0.15, 0.2) is 35.7 Å². The standard InChI is InChI=1S/C30H28N3O2/c1-3-33(4-2)25-12-13-26-29(19-25)35-30-20-28(34)24(18-27(30)31-26)11-10-22-14-16-32(17-15-22)21-23-8-6-5-7-9-23/h5-20H,3-4,21H2,1-2H3/q+1. The summed E-state index contributed by atoms with van der Waals surface area (Å²) in [6.45, 7) is 6.90. The van der Waals surface area contributed by atoms with Crippen molar-refractivity contribution in [1.29, 1.82) is 0 Å². The minimum atomic E-state index is -0.0892. The molecular weight excluding hydrogens is 434 g/mol. The van der Waals surface area contributed by atoms with Crippen LogP contribution in [0.1, 0.15) is 30.5 Å². The summed E-state index contributed by atoms with van der Waals surface area (Å²) in [7, 11) is 0. The summed E-state index contributed by atoms with van der Waals surface area (Å²) in [5.41, 5.74) is 5.97. The molecule has 1 aliphatic carbocycles. The first-order valence-electron chi connectivity index (χ1n) is 12.0. The smallest absolute Gasteiger partial charge is 0.189 e. The lowest BCUT2D eigenvalue weighted by Gasteiger charge is -2.21. The third-order valence-corrected chi connectivity index (χ3v) is 6.20.